The van der Waals surface area contributed by atoms with Gasteiger partial charge >= 0.3 is 0 Å². The van der Waals surface area contributed by atoms with Crippen LogP contribution in [0.25, 0.3) is 194 Å². The number of unbranched alkanes of at least 4 members (excludes halogenated alkanes) is 39. The highest BCUT2D eigenvalue weighted by molar-refractivity contribution is 6.66. The summed E-state index contributed by atoms with van der Waals surface area (Å²) in [4.78, 5) is 0. The van der Waals surface area contributed by atoms with E-state index < -0.39 is 0 Å². The van der Waals surface area contributed by atoms with Crippen LogP contribution in [0.1, 0.15) is 345 Å². The third-order valence-corrected chi connectivity index (χ3v) is 30.4. The molecule has 0 aliphatic carbocycles. The summed E-state index contributed by atoms with van der Waals surface area (Å²) < 4.78 is 21.5. The van der Waals surface area contributed by atoms with E-state index >= 15 is 0 Å². The van der Waals surface area contributed by atoms with Crippen molar-refractivity contribution in [2.75, 3.05) is 19.8 Å². The van der Waals surface area contributed by atoms with E-state index in [1.807, 2.05) is 0 Å². The van der Waals surface area contributed by atoms with Gasteiger partial charge in [-0.1, -0.05) is 352 Å². The number of fused-ring (bicyclic) bond motifs is 12. The average molecular weight is 1590 g/mol. The zero-order chi connectivity index (χ0) is 81.5. The summed E-state index contributed by atoms with van der Waals surface area (Å²) in [5.74, 6) is 3.02. The first-order valence-corrected chi connectivity index (χ1v) is 50.0. The molecule has 0 heterocycles. The molecule has 0 spiro atoms. The zero-order valence-corrected chi connectivity index (χ0v) is 75.1. The molecule has 0 aliphatic rings. The van der Waals surface area contributed by atoms with Crippen molar-refractivity contribution in [2.45, 2.75) is 351 Å². The maximum Gasteiger partial charge on any atom is 0.127 e. The fraction of sp³-hybridized carbons (Fsp3) is 0.487. The Kier molecular flexibility index (Phi) is 24.5. The summed E-state index contributed by atoms with van der Waals surface area (Å²) in [6.45, 7) is 21.5. The molecule has 120 heavy (non-hydrogen) atoms. The van der Waals surface area contributed by atoms with Gasteiger partial charge in [0.25, 0.3) is 0 Å². The molecule has 0 saturated carbocycles. The molecule has 0 atom stereocenters. The summed E-state index contributed by atoms with van der Waals surface area (Å²) in [6, 6.07) is 40.5. The van der Waals surface area contributed by atoms with Gasteiger partial charge in [-0.3, -0.25) is 0 Å². The van der Waals surface area contributed by atoms with E-state index in [4.69, 9.17) is 14.2 Å². The first kappa shape index (κ1) is 81.3. The SMILES string of the molecule is CCCCCCCCCCCCc1c(C)cc(CCCCCCCCCCCC)c2c1c1cc(C)c3c4ccc5c6cc(OCCCCCCCCCC)ccc6c6ccc7c8ccc(OCCCCCCCCCC)c9c%10ccc%11c%12cc(OCCCCCCCCCC)ccc%12c%12c(C)c2c2c1c3c1c3c4c5c6c7c3c(c89)c3c%10c%11c%12c2c31. The lowest BCUT2D eigenvalue weighted by atomic mass is 9.69. The van der Waals surface area contributed by atoms with Crippen LogP contribution in [0, 0.1) is 20.8 Å². The Morgan fingerprint density at radius 1 is 0.183 bits per heavy atom. The third kappa shape index (κ3) is 14.1. The minimum absolute atomic E-state index is 0.711. The first-order valence-electron chi connectivity index (χ1n) is 50.0. The standard InChI is InChI=1S/C117H138O3/c1-9-14-19-24-29-34-36-38-43-48-53-77-70-74(6)80(54-49-44-39-37-35-30-25-20-15-10-2)98-92-71-75(7)94-88-63-61-86-90-72-78(118-67-50-45-40-31-26-21-16-11-3)55-57-81(90)82-59-60-83-84-65-66-93(120-69-52-47-42-33-28-23-18-13-5)99-89-64-62-87-91-73-79(119-68-51-46-41-32-27-22-17-12-4)56-58-85(91)95-76(8)96(97(77)98)110-107(92)108(94)115-113-105(88)102(86)101(82)103(83)112(113)111(100(84)99)114-106(89)104(87)109(95)116(110)117(114)115/h55-66,70-73H,9-54,67-69H2,1-8H3. The molecule has 0 aliphatic heterocycles. The molecule has 3 heteroatoms. The lowest BCUT2D eigenvalue weighted by Crippen LogP contribution is -2.06. The Hall–Kier alpha value is -8.40. The number of hydrogen-bond donors (Lipinski definition) is 0. The van der Waals surface area contributed by atoms with E-state index in [1.165, 1.54) is 463 Å². The fourth-order valence-corrected chi connectivity index (χ4v) is 24.5. The van der Waals surface area contributed by atoms with Crippen molar-refractivity contribution in [1.82, 2.24) is 0 Å². The molecule has 19 rings (SSSR count). The highest BCUT2D eigenvalue weighted by atomic mass is 16.5. The van der Waals surface area contributed by atoms with Crippen LogP contribution in [-0.4, -0.2) is 19.8 Å². The van der Waals surface area contributed by atoms with Gasteiger partial charge in [0.2, 0.25) is 0 Å². The number of rotatable bonds is 52. The minimum atomic E-state index is 0.711. The topological polar surface area (TPSA) is 27.7 Å². The molecule has 0 fully saturated rings. The van der Waals surface area contributed by atoms with Gasteiger partial charge in [0.15, 0.2) is 0 Å². The summed E-state index contributed by atoms with van der Waals surface area (Å²) in [5, 5.41) is 51.5. The monoisotopic (exact) mass is 1590 g/mol. The van der Waals surface area contributed by atoms with E-state index in [-0.39, 0.29) is 0 Å². The van der Waals surface area contributed by atoms with Gasteiger partial charge in [-0.25, -0.2) is 0 Å². The molecule has 0 saturated heterocycles. The molecule has 0 bridgehead atoms. The van der Waals surface area contributed by atoms with Crippen molar-refractivity contribution in [2.24, 2.45) is 0 Å². The van der Waals surface area contributed by atoms with Gasteiger partial charge in [0, 0.05) is 16.2 Å². The smallest absolute Gasteiger partial charge is 0.127 e. The maximum absolute atomic E-state index is 7.53. The molecular weight excluding hydrogens is 1450 g/mol. The molecule has 0 unspecified atom stereocenters. The van der Waals surface area contributed by atoms with Crippen LogP contribution in [0.3, 0.4) is 0 Å². The zero-order valence-electron chi connectivity index (χ0n) is 75.1. The largest absolute Gasteiger partial charge is 0.494 e. The Morgan fingerprint density at radius 3 is 0.958 bits per heavy atom. The van der Waals surface area contributed by atoms with Crippen LogP contribution in [0.5, 0.6) is 17.2 Å². The Labute approximate surface area is 716 Å². The number of hydrogen-bond acceptors (Lipinski definition) is 3. The number of aryl methyl sites for hydroxylation is 5. The molecule has 0 radical (unpaired) electrons. The molecule has 0 N–H and O–H groups in total. The van der Waals surface area contributed by atoms with Crippen LogP contribution < -0.4 is 14.2 Å². The highest BCUT2D eigenvalue weighted by Gasteiger charge is 2.38. The van der Waals surface area contributed by atoms with E-state index in [2.05, 4.69) is 152 Å². The fourth-order valence-electron chi connectivity index (χ4n) is 24.5. The second kappa shape index (κ2) is 36.2. The van der Waals surface area contributed by atoms with Gasteiger partial charge in [-0.05, 0) is 302 Å². The van der Waals surface area contributed by atoms with Gasteiger partial charge in [-0.2, -0.15) is 0 Å². The van der Waals surface area contributed by atoms with Crippen LogP contribution in [0.2, 0.25) is 0 Å². The van der Waals surface area contributed by atoms with Crippen LogP contribution in [0.4, 0.5) is 0 Å². The van der Waals surface area contributed by atoms with Crippen LogP contribution in [0.15, 0.2) is 97.1 Å². The molecule has 0 aromatic heterocycles. The predicted molar refractivity (Wildman–Crippen MR) is 532 cm³/mol. The summed E-state index contributed by atoms with van der Waals surface area (Å²) in [5.41, 5.74) is 7.55. The van der Waals surface area contributed by atoms with Crippen LogP contribution >= 0.6 is 0 Å². The quantitative estimate of drug-likeness (QED) is 0.0216. The summed E-state index contributed by atoms with van der Waals surface area (Å²) >= 11 is 0. The number of ether oxygens (including phenoxy) is 3. The van der Waals surface area contributed by atoms with Crippen molar-refractivity contribution in [1.29, 1.82) is 0 Å². The van der Waals surface area contributed by atoms with E-state index in [1.54, 1.807) is 21.9 Å². The van der Waals surface area contributed by atoms with Gasteiger partial charge in [0.1, 0.15) is 17.2 Å². The van der Waals surface area contributed by atoms with Crippen molar-refractivity contribution in [3.63, 3.8) is 0 Å². The van der Waals surface area contributed by atoms with Gasteiger partial charge in [0.05, 0.1) is 19.8 Å². The van der Waals surface area contributed by atoms with Crippen molar-refractivity contribution in [3.8, 4) is 17.2 Å². The lowest BCUT2D eigenvalue weighted by Gasteiger charge is -2.33. The highest BCUT2D eigenvalue weighted by Crippen LogP contribution is 2.66. The second-order valence-electron chi connectivity index (χ2n) is 38.5. The molecule has 19 aromatic rings. The van der Waals surface area contributed by atoms with Gasteiger partial charge < -0.3 is 14.2 Å². The minimum Gasteiger partial charge on any atom is -0.494 e. The van der Waals surface area contributed by atoms with E-state index in [0.29, 0.717) is 6.61 Å². The Morgan fingerprint density at radius 2 is 0.483 bits per heavy atom. The van der Waals surface area contributed by atoms with Crippen molar-refractivity contribution < 1.29 is 14.2 Å². The molecular formula is C117H138O3. The molecule has 624 valence electrons. The predicted octanol–water partition coefficient (Wildman–Crippen LogP) is 37.8. The molecule has 3 nitrogen and oxygen atoms in total. The normalized spacial score (nSPS) is 13.0. The Bertz CT molecular complexity index is 6660. The van der Waals surface area contributed by atoms with Gasteiger partial charge in [-0.15, -0.1) is 0 Å². The first-order chi connectivity index (χ1) is 59.3. The van der Waals surface area contributed by atoms with Crippen LogP contribution in [-0.2, 0) is 12.8 Å². The number of benzene rings is 19. The summed E-state index contributed by atoms with van der Waals surface area (Å²) in [6.07, 6.45) is 59.7. The molecule has 0 amide bonds. The maximum atomic E-state index is 7.53. The van der Waals surface area contributed by atoms with E-state index in [9.17, 15) is 0 Å². The average Bonchev–Trinajstić information content (AvgIpc) is 0.627. The van der Waals surface area contributed by atoms with Crippen molar-refractivity contribution >= 4 is 194 Å². The molecule has 19 aromatic carbocycles. The van der Waals surface area contributed by atoms with E-state index in [0.717, 1.165) is 62.6 Å². The lowest BCUT2D eigenvalue weighted by molar-refractivity contribution is 0.304. The summed E-state index contributed by atoms with van der Waals surface area (Å²) in [7, 11) is 0. The second-order valence-corrected chi connectivity index (χ2v) is 38.5. The Balaban J connectivity index is 0.902. The van der Waals surface area contributed by atoms with Crippen molar-refractivity contribution in [3.05, 3.63) is 125 Å². The third-order valence-electron chi connectivity index (χ3n) is 30.4.